The van der Waals surface area contributed by atoms with Gasteiger partial charge in [-0.3, -0.25) is 25.0 Å². The predicted molar refractivity (Wildman–Crippen MR) is 86.3 cm³/mol. The molecule has 1 aromatic rings. The molecule has 0 fully saturated rings. The van der Waals surface area contributed by atoms with Crippen molar-refractivity contribution in [2.45, 2.75) is 24.3 Å². The average molecular weight is 357 g/mol. The van der Waals surface area contributed by atoms with E-state index in [1.807, 2.05) is 6.92 Å². The molecule has 0 saturated heterocycles. The van der Waals surface area contributed by atoms with Crippen LogP contribution >= 0.6 is 23.2 Å². The summed E-state index contributed by atoms with van der Waals surface area (Å²) in [7, 11) is 0. The Morgan fingerprint density at radius 2 is 1.87 bits per heavy atom. The normalized spacial score (nSPS) is 20.0. The third kappa shape index (κ3) is 3.62. The molecule has 1 aliphatic heterocycles. The van der Waals surface area contributed by atoms with E-state index in [2.05, 4.69) is 20.9 Å². The predicted octanol–water partition coefficient (Wildman–Crippen LogP) is 0.847. The summed E-state index contributed by atoms with van der Waals surface area (Å²) in [6.07, 6.45) is 0. The van der Waals surface area contributed by atoms with Crippen molar-refractivity contribution in [1.29, 1.82) is 0 Å². The van der Waals surface area contributed by atoms with Crippen LogP contribution in [-0.2, 0) is 9.59 Å². The van der Waals surface area contributed by atoms with Crippen LogP contribution in [0.15, 0.2) is 29.3 Å². The molecule has 0 aliphatic carbocycles. The largest absolute Gasteiger partial charge is 0.317 e. The third-order valence-corrected chi connectivity index (χ3v) is 3.73. The van der Waals surface area contributed by atoms with Gasteiger partial charge in [0.1, 0.15) is 0 Å². The molecule has 23 heavy (non-hydrogen) atoms. The van der Waals surface area contributed by atoms with Crippen LogP contribution in [0.1, 0.15) is 22.8 Å². The Balaban J connectivity index is 2.29. The summed E-state index contributed by atoms with van der Waals surface area (Å²) in [6, 6.07) is 6.70. The number of carbonyl (C=O) groups is 3. The summed E-state index contributed by atoms with van der Waals surface area (Å²) in [5.41, 5.74) is -0.614. The molecule has 2 rings (SSSR count). The fourth-order valence-electron chi connectivity index (χ4n) is 1.92. The second-order valence-electron chi connectivity index (χ2n) is 4.98. The summed E-state index contributed by atoms with van der Waals surface area (Å²) < 4.78 is 0. The lowest BCUT2D eigenvalue weighted by Crippen LogP contribution is -2.58. The van der Waals surface area contributed by atoms with E-state index in [1.54, 1.807) is 24.3 Å². The third-order valence-electron chi connectivity index (χ3n) is 3.09. The SMILES string of the molecule is CC(=O)NC1=NC(NC(=O)c2ccc(C)cc2)(C(Cl)Cl)C(=O)N1. The Bertz CT molecular complexity index is 688. The van der Waals surface area contributed by atoms with Crippen molar-refractivity contribution in [3.05, 3.63) is 35.4 Å². The first-order valence-electron chi connectivity index (χ1n) is 6.61. The Morgan fingerprint density at radius 3 is 2.39 bits per heavy atom. The van der Waals surface area contributed by atoms with Gasteiger partial charge in [0.2, 0.25) is 17.5 Å². The Morgan fingerprint density at radius 1 is 1.26 bits per heavy atom. The number of hydrogen-bond donors (Lipinski definition) is 3. The number of nitrogens with zero attached hydrogens (tertiary/aromatic N) is 1. The van der Waals surface area contributed by atoms with Crippen molar-refractivity contribution < 1.29 is 14.4 Å². The van der Waals surface area contributed by atoms with Crippen molar-refractivity contribution in [3.63, 3.8) is 0 Å². The maximum Gasteiger partial charge on any atom is 0.278 e. The van der Waals surface area contributed by atoms with Crippen LogP contribution in [0.4, 0.5) is 0 Å². The van der Waals surface area contributed by atoms with Crippen LogP contribution in [0.2, 0.25) is 0 Å². The number of nitrogens with one attached hydrogen (secondary N) is 3. The van der Waals surface area contributed by atoms with E-state index in [9.17, 15) is 14.4 Å². The number of guanidine groups is 1. The van der Waals surface area contributed by atoms with Gasteiger partial charge in [0.05, 0.1) is 0 Å². The second-order valence-corrected chi connectivity index (χ2v) is 6.08. The fourth-order valence-corrected chi connectivity index (χ4v) is 2.33. The first kappa shape index (κ1) is 17.2. The number of amides is 3. The molecular formula is C14H14Cl2N4O3. The smallest absolute Gasteiger partial charge is 0.278 e. The molecule has 122 valence electrons. The van der Waals surface area contributed by atoms with Gasteiger partial charge < -0.3 is 5.32 Å². The standard InChI is InChI=1S/C14H14Cl2N4O3/c1-7-3-5-9(6-4-7)10(22)19-14(11(15)16)12(23)18-13(20-14)17-8(2)21/h3-6,11H,1-2H3,(H,19,22)(H2,17,18,20,21,23). The number of halogens is 2. The van der Waals surface area contributed by atoms with E-state index in [4.69, 9.17) is 23.2 Å². The van der Waals surface area contributed by atoms with Crippen molar-refractivity contribution in [1.82, 2.24) is 16.0 Å². The zero-order valence-corrected chi connectivity index (χ0v) is 13.8. The number of carbonyl (C=O) groups excluding carboxylic acids is 3. The van der Waals surface area contributed by atoms with Crippen LogP contribution in [-0.4, -0.2) is 34.2 Å². The first-order valence-corrected chi connectivity index (χ1v) is 7.48. The highest BCUT2D eigenvalue weighted by atomic mass is 35.5. The zero-order chi connectivity index (χ0) is 17.2. The first-order chi connectivity index (χ1) is 10.7. The molecule has 1 atom stereocenters. The van der Waals surface area contributed by atoms with Crippen molar-refractivity contribution in [2.24, 2.45) is 4.99 Å². The lowest BCUT2D eigenvalue weighted by atomic mass is 10.1. The van der Waals surface area contributed by atoms with E-state index in [0.29, 0.717) is 5.56 Å². The molecule has 1 heterocycles. The minimum atomic E-state index is -1.91. The van der Waals surface area contributed by atoms with Crippen molar-refractivity contribution in [3.8, 4) is 0 Å². The topological polar surface area (TPSA) is 99.7 Å². The highest BCUT2D eigenvalue weighted by molar-refractivity contribution is 6.47. The number of aryl methyl sites for hydroxylation is 1. The van der Waals surface area contributed by atoms with Crippen molar-refractivity contribution >= 4 is 46.9 Å². The second kappa shape index (κ2) is 6.55. The molecule has 0 bridgehead atoms. The van der Waals surface area contributed by atoms with Crippen LogP contribution in [0.25, 0.3) is 0 Å². The molecule has 3 amide bonds. The lowest BCUT2D eigenvalue weighted by molar-refractivity contribution is -0.124. The summed E-state index contributed by atoms with van der Waals surface area (Å²) in [6.45, 7) is 3.13. The fraction of sp³-hybridized carbons (Fsp3) is 0.286. The zero-order valence-electron chi connectivity index (χ0n) is 12.3. The van der Waals surface area contributed by atoms with Gasteiger partial charge in [-0.15, -0.1) is 0 Å². The summed E-state index contributed by atoms with van der Waals surface area (Å²) >= 11 is 11.7. The molecule has 1 aromatic carbocycles. The molecule has 0 radical (unpaired) electrons. The number of alkyl halides is 2. The van der Waals surface area contributed by atoms with Gasteiger partial charge in [-0.05, 0) is 19.1 Å². The quantitative estimate of drug-likeness (QED) is 0.699. The highest BCUT2D eigenvalue weighted by Crippen LogP contribution is 2.26. The number of benzene rings is 1. The van der Waals surface area contributed by atoms with E-state index in [-0.39, 0.29) is 5.96 Å². The molecular weight excluding hydrogens is 343 g/mol. The number of aliphatic imine (C=N–C) groups is 1. The lowest BCUT2D eigenvalue weighted by Gasteiger charge is -2.25. The summed E-state index contributed by atoms with van der Waals surface area (Å²) in [4.78, 5) is 38.2. The Kier molecular flexibility index (Phi) is 4.91. The Hall–Kier alpha value is -2.12. The highest BCUT2D eigenvalue weighted by Gasteiger charge is 2.51. The van der Waals surface area contributed by atoms with Crippen LogP contribution in [0.5, 0.6) is 0 Å². The minimum absolute atomic E-state index is 0.127. The number of rotatable bonds is 3. The van der Waals surface area contributed by atoms with Gasteiger partial charge in [-0.1, -0.05) is 40.9 Å². The van der Waals surface area contributed by atoms with E-state index in [1.165, 1.54) is 6.92 Å². The molecule has 0 saturated carbocycles. The van der Waals surface area contributed by atoms with E-state index < -0.39 is 28.2 Å². The summed E-state index contributed by atoms with van der Waals surface area (Å²) in [5, 5.41) is 7.06. The molecule has 9 heteroatoms. The molecule has 1 unspecified atom stereocenters. The van der Waals surface area contributed by atoms with Gasteiger partial charge in [-0.2, -0.15) is 0 Å². The molecule has 0 aromatic heterocycles. The average Bonchev–Trinajstić information content (AvgIpc) is 2.75. The van der Waals surface area contributed by atoms with Gasteiger partial charge >= 0.3 is 0 Å². The van der Waals surface area contributed by atoms with Crippen LogP contribution in [0, 0.1) is 6.92 Å². The van der Waals surface area contributed by atoms with E-state index in [0.717, 1.165) is 5.56 Å². The van der Waals surface area contributed by atoms with Crippen LogP contribution in [0.3, 0.4) is 0 Å². The molecule has 0 spiro atoms. The van der Waals surface area contributed by atoms with Gasteiger partial charge in [-0.25, -0.2) is 4.99 Å². The van der Waals surface area contributed by atoms with Gasteiger partial charge in [0.25, 0.3) is 11.8 Å². The van der Waals surface area contributed by atoms with Crippen LogP contribution < -0.4 is 16.0 Å². The van der Waals surface area contributed by atoms with Gasteiger partial charge in [0.15, 0.2) is 4.84 Å². The van der Waals surface area contributed by atoms with E-state index >= 15 is 0 Å². The molecule has 7 nitrogen and oxygen atoms in total. The molecule has 1 aliphatic rings. The maximum atomic E-state index is 12.3. The monoisotopic (exact) mass is 356 g/mol. The molecule has 3 N–H and O–H groups in total. The minimum Gasteiger partial charge on any atom is -0.317 e. The Labute approximate surface area is 142 Å². The van der Waals surface area contributed by atoms with Crippen molar-refractivity contribution in [2.75, 3.05) is 0 Å². The maximum absolute atomic E-state index is 12.3. The number of hydrogen-bond acceptors (Lipinski definition) is 4. The van der Waals surface area contributed by atoms with Gasteiger partial charge in [0, 0.05) is 12.5 Å². The summed E-state index contributed by atoms with van der Waals surface area (Å²) in [5.74, 6) is -1.88.